The number of aliphatic hydroxyl groups excluding tert-OH is 3. The Morgan fingerprint density at radius 2 is 0.775 bits per heavy atom. The molecule has 2 fully saturated rings. The van der Waals surface area contributed by atoms with Gasteiger partial charge in [-0.05, 0) is 189 Å². The summed E-state index contributed by atoms with van der Waals surface area (Å²) in [4.78, 5) is 277. The molecule has 18 atom stereocenters. The smallest absolute Gasteiger partial charge is 0.326 e. The average Bonchev–Trinajstić information content (AvgIpc) is 1.67. The molecule has 0 aromatic heterocycles. The molecule has 2 heterocycles. The van der Waals surface area contributed by atoms with Crippen LogP contribution in [0.5, 0.6) is 5.75 Å². The maximum atomic E-state index is 14.9. The Balaban J connectivity index is 1.84. The van der Waals surface area contributed by atoms with E-state index in [4.69, 9.17) is 34.4 Å². The Morgan fingerprint density at radius 1 is 0.399 bits per heavy atom. The molecule has 2 aliphatic rings. The molecule has 0 unspecified atom stereocenters. The number of aliphatic carboxylic acids is 1. The first kappa shape index (κ1) is 120. The largest absolute Gasteiger partial charge is 0.508 e. The second-order valence-corrected chi connectivity index (χ2v) is 36.8. The molecule has 2 saturated heterocycles. The molecule has 0 saturated carbocycles. The molecular weight excluding hydrogens is 1800 g/mol. The van der Waals surface area contributed by atoms with Crippen LogP contribution in [-0.4, -0.2) is 315 Å². The predicted octanol–water partition coefficient (Wildman–Crippen LogP) is -7.01. The first-order valence-electron chi connectivity index (χ1n) is 47.5. The summed E-state index contributed by atoms with van der Waals surface area (Å²) in [6.45, 7) is 15.2. The Kier molecular flexibility index (Phi) is 54.2. The third-order valence-corrected chi connectivity index (χ3v) is 23.4. The van der Waals surface area contributed by atoms with Crippen LogP contribution >= 0.6 is 0 Å². The number of benzene rings is 1. The van der Waals surface area contributed by atoms with Gasteiger partial charge in [0.25, 0.3) is 0 Å². The van der Waals surface area contributed by atoms with E-state index < -0.39 is 266 Å². The monoisotopic (exact) mass is 1960 g/mol. The number of likely N-dealkylation sites (tertiary alicyclic amines) is 2. The summed E-state index contributed by atoms with van der Waals surface area (Å²) in [7, 11) is 0. The summed E-state index contributed by atoms with van der Waals surface area (Å²) in [6, 6.07) is -17.5. The number of rotatable bonds is 65. The van der Waals surface area contributed by atoms with Crippen molar-refractivity contribution in [3.63, 3.8) is 0 Å². The highest BCUT2D eigenvalue weighted by molar-refractivity contribution is 6.02. The number of amides is 19. The summed E-state index contributed by atoms with van der Waals surface area (Å²) in [5.74, 6) is -20.7. The highest BCUT2D eigenvalue weighted by atomic mass is 16.4. The van der Waals surface area contributed by atoms with Crippen LogP contribution in [-0.2, 0) is 102 Å². The molecule has 2 aliphatic heterocycles. The van der Waals surface area contributed by atoms with Crippen LogP contribution in [0.15, 0.2) is 24.3 Å². The van der Waals surface area contributed by atoms with Gasteiger partial charge in [0.05, 0.1) is 38.4 Å². The van der Waals surface area contributed by atoms with Crippen molar-refractivity contribution in [1.82, 2.24) is 89.6 Å². The quantitative estimate of drug-likeness (QED) is 0.0270. The zero-order chi connectivity index (χ0) is 104. The molecule has 3 rings (SSSR count). The zero-order valence-corrected chi connectivity index (χ0v) is 81.2. The summed E-state index contributed by atoms with van der Waals surface area (Å²) < 4.78 is 0. The SMILES string of the molecule is CC[C@H](C)[C@H](NC(=O)[C@H](CC(C)C)NC(=O)[C@H](CC(C)C)NC(=O)[C@H](CCCCN)NC(=O)[C@@H]1CCCN1C(=O)[C@@H](NC(=O)[C@H](CCCCN)NC(=O)CNC(=O)[C@@H]1CCCN1C(=O)[C@H](CCCCN)NC(=O)[C@@H](N)CCC(N)=O)C(C)C)C(=O)N[C@@H](Cc1ccc(O)cc1)C(=O)N[C@@H](CO)C(=O)NCC(=O)N[C@@H](CO)C(=O)N[C@H](C(=O)N[C@@H](CC(C)C)C(=O)N[C@@H](CCC(N)=O)C(=O)O)[C@@H](C)O. The molecule has 48 heteroatoms. The van der Waals surface area contributed by atoms with E-state index in [-0.39, 0.29) is 133 Å². The van der Waals surface area contributed by atoms with Crippen molar-refractivity contribution < 1.29 is 121 Å². The Bertz CT molecular complexity index is 4220. The zero-order valence-electron chi connectivity index (χ0n) is 81.2. The number of unbranched alkanes of at least 4 members (excludes halogenated alkanes) is 3. The number of carboxylic acid groups (broad SMARTS) is 1. The summed E-state index contributed by atoms with van der Waals surface area (Å²) >= 11 is 0. The van der Waals surface area contributed by atoms with Crippen LogP contribution in [0.25, 0.3) is 0 Å². The number of primary amides is 2. The van der Waals surface area contributed by atoms with E-state index >= 15 is 0 Å². The number of carboxylic acids is 1. The van der Waals surface area contributed by atoms with Gasteiger partial charge in [-0.25, -0.2) is 4.79 Å². The highest BCUT2D eigenvalue weighted by Gasteiger charge is 2.44. The van der Waals surface area contributed by atoms with E-state index in [1.165, 1.54) is 34.1 Å². The van der Waals surface area contributed by atoms with Crippen LogP contribution < -0.4 is 114 Å². The summed E-state index contributed by atoms with van der Waals surface area (Å²) in [5, 5.41) is 88.9. The van der Waals surface area contributed by atoms with Crippen LogP contribution in [0.1, 0.15) is 217 Å². The lowest BCUT2D eigenvalue weighted by molar-refractivity contribution is -0.143. The molecule has 0 bridgehead atoms. The van der Waals surface area contributed by atoms with Gasteiger partial charge in [-0.3, -0.25) is 91.1 Å². The molecule has 1 aromatic carbocycles. The fourth-order valence-corrected chi connectivity index (χ4v) is 15.4. The number of aromatic hydroxyl groups is 1. The fraction of sp³-hybridized carbons (Fsp3) is 0.711. The van der Waals surface area contributed by atoms with Gasteiger partial charge in [0, 0.05) is 32.4 Å². The maximum absolute atomic E-state index is 14.9. The number of carbonyl (C=O) groups excluding carboxylic acids is 19. The average molecular weight is 1960 g/mol. The second kappa shape index (κ2) is 62.2. The minimum Gasteiger partial charge on any atom is -0.508 e. The van der Waals surface area contributed by atoms with E-state index in [1.807, 2.05) is 0 Å². The van der Waals surface area contributed by atoms with Crippen LogP contribution in [0, 0.1) is 29.6 Å². The second-order valence-electron chi connectivity index (χ2n) is 36.8. The van der Waals surface area contributed by atoms with Crippen molar-refractivity contribution in [2.45, 2.75) is 320 Å². The number of nitrogens with two attached hydrogens (primary N) is 6. The van der Waals surface area contributed by atoms with Crippen molar-refractivity contribution >= 4 is 118 Å². The maximum Gasteiger partial charge on any atom is 0.326 e. The van der Waals surface area contributed by atoms with Crippen LogP contribution in [0.2, 0.25) is 0 Å². The third kappa shape index (κ3) is 42.2. The molecule has 0 aliphatic carbocycles. The van der Waals surface area contributed by atoms with Gasteiger partial charge in [0.1, 0.15) is 96.4 Å². The first-order chi connectivity index (χ1) is 65.1. The molecular formula is C90H153N23O25. The van der Waals surface area contributed by atoms with Crippen molar-refractivity contribution in [3.05, 3.63) is 29.8 Å². The minimum atomic E-state index is -1.88. The molecule has 48 nitrogen and oxygen atoms in total. The summed E-state index contributed by atoms with van der Waals surface area (Å²) in [5.41, 5.74) is 34.2. The number of aliphatic hydroxyl groups is 3. The number of phenols is 1. The van der Waals surface area contributed by atoms with E-state index in [0.29, 0.717) is 63.5 Å². The lowest BCUT2D eigenvalue weighted by Gasteiger charge is -2.32. The van der Waals surface area contributed by atoms with Crippen LogP contribution in [0.3, 0.4) is 0 Å². The number of phenolic OH excluding ortho intramolecular Hbond substituents is 1. The van der Waals surface area contributed by atoms with Crippen molar-refractivity contribution in [3.8, 4) is 5.75 Å². The topological polar surface area (TPSA) is 786 Å². The summed E-state index contributed by atoms with van der Waals surface area (Å²) in [6.07, 6.45) is 0.736. The lowest BCUT2D eigenvalue weighted by atomic mass is 9.95. The number of nitrogens with zero attached hydrogens (tertiary/aromatic N) is 2. The van der Waals surface area contributed by atoms with E-state index in [1.54, 1.807) is 69.2 Å². The minimum absolute atomic E-state index is 0.000910. The number of hydrogen-bond donors (Lipinski definition) is 26. The van der Waals surface area contributed by atoms with Gasteiger partial charge >= 0.3 is 5.97 Å². The van der Waals surface area contributed by atoms with Gasteiger partial charge in [0.2, 0.25) is 112 Å². The molecule has 1 aromatic rings. The third-order valence-electron chi connectivity index (χ3n) is 23.4. The number of hydrogen-bond acceptors (Lipinski definition) is 28. The molecule has 0 radical (unpaired) electrons. The predicted molar refractivity (Wildman–Crippen MR) is 502 cm³/mol. The molecule has 138 heavy (non-hydrogen) atoms. The first-order valence-corrected chi connectivity index (χ1v) is 47.5. The van der Waals surface area contributed by atoms with E-state index in [9.17, 15) is 121 Å². The van der Waals surface area contributed by atoms with Gasteiger partial charge in [-0.1, -0.05) is 87.8 Å². The highest BCUT2D eigenvalue weighted by Crippen LogP contribution is 2.25. The molecule has 778 valence electrons. The molecule has 19 amide bonds. The number of carbonyl (C=O) groups is 20. The van der Waals surface area contributed by atoms with E-state index in [0.717, 1.165) is 6.92 Å². The molecule has 32 N–H and O–H groups in total. The van der Waals surface area contributed by atoms with Gasteiger partial charge < -0.3 is 149 Å². The van der Waals surface area contributed by atoms with Gasteiger partial charge in [0.15, 0.2) is 0 Å². The van der Waals surface area contributed by atoms with Crippen LogP contribution in [0.4, 0.5) is 0 Å². The van der Waals surface area contributed by atoms with Gasteiger partial charge in [-0.2, -0.15) is 0 Å². The standard InChI is InChI=1S/C90H153N23O25/c1-12-51(10)73(86(133)107-63(42-53-26-28-54(117)29-27-53)81(128)108-64(45-114)76(123)97-43-71(121)100-65(46-115)83(130)111-74(52(11)116)87(134)106-61(40-48(4)5)79(126)103-59(90(137)138)31-33-69(96)119)110-82(129)62(41-49(6)7)105-80(127)60(39-47(2)3)104-77(124)57(22-14-17-35-92)101-85(132)67-25-20-38-113(67)89(136)72(50(8)9)109-78(125)56(21-13-16-34-91)99-70(120)44-98-84(131)66-24-19-37-112(66)88(135)58(23-15-18-36-93)102-75(122)55(94)30-32-68(95)118/h26-29,47-52,55-67,72-74,114-117H,12-25,30-46,91-94H2,1-11H3,(H2,95,118)(H2,96,119)(H,97,123)(H,98,131)(H,99,120)(H,100,121)(H,101,132)(H,102,122)(H,103,126)(H,104,124)(H,105,127)(H,106,134)(H,107,133)(H,108,128)(H,109,125)(H,110,129)(H,111,130)(H,137,138)/t51-,52+,55-,56-,57-,58-,59-,60-,61-,62-,63-,64-,65-,66-,67-,72-,73-,74-/m0/s1. The number of nitrogens with one attached hydrogen (secondary N) is 15. The molecule has 0 spiro atoms. The normalized spacial score (nSPS) is 17.1. The Morgan fingerprint density at radius 3 is 1.25 bits per heavy atom. The van der Waals surface area contributed by atoms with Crippen molar-refractivity contribution in [2.75, 3.05) is 59.0 Å². The van der Waals surface area contributed by atoms with Crippen molar-refractivity contribution in [1.29, 1.82) is 0 Å². The Hall–Kier alpha value is -11.9. The lowest BCUT2D eigenvalue weighted by Crippen LogP contribution is -2.62. The van der Waals surface area contributed by atoms with E-state index in [2.05, 4.69) is 79.8 Å². The van der Waals surface area contributed by atoms with Gasteiger partial charge in [-0.15, -0.1) is 0 Å². The Labute approximate surface area is 804 Å². The van der Waals surface area contributed by atoms with Crippen molar-refractivity contribution in [2.24, 2.45) is 64.0 Å². The fourth-order valence-electron chi connectivity index (χ4n) is 15.4.